The van der Waals surface area contributed by atoms with Crippen molar-refractivity contribution < 1.29 is 14.3 Å². The summed E-state index contributed by atoms with van der Waals surface area (Å²) in [4.78, 5) is 19.9. The van der Waals surface area contributed by atoms with Crippen molar-refractivity contribution in [2.24, 2.45) is 0 Å². The first kappa shape index (κ1) is 15.3. The molecule has 1 amide bonds. The van der Waals surface area contributed by atoms with Crippen LogP contribution in [-0.4, -0.2) is 30.1 Å². The molecule has 8 heteroatoms. The van der Waals surface area contributed by atoms with Crippen LogP contribution in [0.3, 0.4) is 0 Å². The lowest BCUT2D eigenvalue weighted by Gasteiger charge is -2.10. The summed E-state index contributed by atoms with van der Waals surface area (Å²) in [7, 11) is 2.98. The zero-order valence-electron chi connectivity index (χ0n) is 11.2. The molecule has 6 nitrogen and oxygen atoms in total. The fourth-order valence-electron chi connectivity index (χ4n) is 1.63. The predicted octanol–water partition coefficient (Wildman–Crippen LogP) is 3.05. The van der Waals surface area contributed by atoms with Gasteiger partial charge in [0, 0.05) is 6.07 Å². The highest BCUT2D eigenvalue weighted by Crippen LogP contribution is 2.25. The van der Waals surface area contributed by atoms with E-state index in [1.54, 1.807) is 18.2 Å². The second-order valence-electron chi connectivity index (χ2n) is 3.87. The summed E-state index contributed by atoms with van der Waals surface area (Å²) in [5.41, 5.74) is 0.294. The largest absolute Gasteiger partial charge is 0.497 e. The second kappa shape index (κ2) is 6.60. The van der Waals surface area contributed by atoms with E-state index in [0.717, 1.165) is 0 Å². The number of ether oxygens (including phenoxy) is 2. The SMILES string of the molecule is COc1ccc(OC)c(C(=O)Nc2cc(Cl)nc(Cl)n2)c1. The van der Waals surface area contributed by atoms with Crippen molar-refractivity contribution in [3.05, 3.63) is 40.3 Å². The molecule has 0 bridgehead atoms. The van der Waals surface area contributed by atoms with E-state index in [9.17, 15) is 4.79 Å². The fraction of sp³-hybridized carbons (Fsp3) is 0.154. The molecule has 0 fully saturated rings. The lowest BCUT2D eigenvalue weighted by molar-refractivity contribution is 0.102. The van der Waals surface area contributed by atoms with Crippen molar-refractivity contribution in [2.75, 3.05) is 19.5 Å². The molecule has 1 aromatic heterocycles. The van der Waals surface area contributed by atoms with Crippen molar-refractivity contribution in [1.82, 2.24) is 9.97 Å². The topological polar surface area (TPSA) is 73.3 Å². The number of nitrogens with zero attached hydrogens (tertiary/aromatic N) is 2. The Morgan fingerprint density at radius 1 is 1.14 bits per heavy atom. The third kappa shape index (κ3) is 3.74. The molecule has 0 aliphatic carbocycles. The number of anilines is 1. The van der Waals surface area contributed by atoms with Crippen molar-refractivity contribution in [3.8, 4) is 11.5 Å². The number of benzene rings is 1. The number of aromatic nitrogens is 2. The number of amides is 1. The molecule has 0 unspecified atom stereocenters. The minimum absolute atomic E-state index is 0.0598. The van der Waals surface area contributed by atoms with Crippen LogP contribution < -0.4 is 14.8 Å². The number of halogens is 2. The summed E-state index contributed by atoms with van der Waals surface area (Å²) >= 11 is 11.4. The van der Waals surface area contributed by atoms with Crippen molar-refractivity contribution in [1.29, 1.82) is 0 Å². The number of rotatable bonds is 4. The molecule has 1 heterocycles. The Bertz CT molecular complexity index is 659. The van der Waals surface area contributed by atoms with Gasteiger partial charge in [0.05, 0.1) is 19.8 Å². The molecule has 0 radical (unpaired) electrons. The van der Waals surface area contributed by atoms with Gasteiger partial charge < -0.3 is 14.8 Å². The molecule has 0 saturated carbocycles. The minimum atomic E-state index is -0.434. The van der Waals surface area contributed by atoms with Gasteiger partial charge in [-0.05, 0) is 29.8 Å². The molecular weight excluding hydrogens is 317 g/mol. The summed E-state index contributed by atoms with van der Waals surface area (Å²) in [5, 5.41) is 2.64. The molecule has 0 aliphatic heterocycles. The van der Waals surface area contributed by atoms with Gasteiger partial charge in [-0.15, -0.1) is 0 Å². The molecule has 2 rings (SSSR count). The third-order valence-electron chi connectivity index (χ3n) is 2.56. The quantitative estimate of drug-likeness (QED) is 0.690. The van der Waals surface area contributed by atoms with Crippen LogP contribution in [0.25, 0.3) is 0 Å². The van der Waals surface area contributed by atoms with E-state index in [-0.39, 0.29) is 16.3 Å². The van der Waals surface area contributed by atoms with Gasteiger partial charge in [0.15, 0.2) is 0 Å². The van der Waals surface area contributed by atoms with Crippen molar-refractivity contribution in [3.63, 3.8) is 0 Å². The highest BCUT2D eigenvalue weighted by atomic mass is 35.5. The Labute approximate surface area is 131 Å². The van der Waals surface area contributed by atoms with E-state index in [0.29, 0.717) is 17.1 Å². The predicted molar refractivity (Wildman–Crippen MR) is 79.6 cm³/mol. The molecule has 1 aromatic carbocycles. The number of carbonyl (C=O) groups excluding carboxylic acids is 1. The molecule has 0 saturated heterocycles. The van der Waals surface area contributed by atoms with Gasteiger partial charge in [0.1, 0.15) is 22.5 Å². The van der Waals surface area contributed by atoms with Crippen molar-refractivity contribution >= 4 is 34.9 Å². The van der Waals surface area contributed by atoms with Gasteiger partial charge in [0.2, 0.25) is 5.28 Å². The van der Waals surface area contributed by atoms with E-state index in [2.05, 4.69) is 15.3 Å². The third-order valence-corrected chi connectivity index (χ3v) is 2.92. The summed E-state index contributed by atoms with van der Waals surface area (Å²) in [6, 6.07) is 6.26. The average Bonchev–Trinajstić information content (AvgIpc) is 2.45. The minimum Gasteiger partial charge on any atom is -0.497 e. The maximum absolute atomic E-state index is 12.3. The average molecular weight is 328 g/mol. The number of methoxy groups -OCH3 is 2. The number of hydrogen-bond donors (Lipinski definition) is 1. The van der Waals surface area contributed by atoms with Crippen LogP contribution in [0.5, 0.6) is 11.5 Å². The number of carbonyl (C=O) groups is 1. The van der Waals surface area contributed by atoms with E-state index < -0.39 is 5.91 Å². The Morgan fingerprint density at radius 2 is 1.90 bits per heavy atom. The van der Waals surface area contributed by atoms with Gasteiger partial charge in [0.25, 0.3) is 5.91 Å². The Morgan fingerprint density at radius 3 is 2.52 bits per heavy atom. The van der Waals surface area contributed by atoms with Crippen LogP contribution in [0.1, 0.15) is 10.4 Å². The van der Waals surface area contributed by atoms with Gasteiger partial charge >= 0.3 is 0 Å². The summed E-state index contributed by atoms with van der Waals surface area (Å²) in [6.45, 7) is 0. The molecule has 110 valence electrons. The fourth-order valence-corrected chi connectivity index (χ4v) is 2.04. The van der Waals surface area contributed by atoms with Crippen LogP contribution in [0, 0.1) is 0 Å². The molecule has 2 aromatic rings. The Hall–Kier alpha value is -2.05. The first-order valence-corrected chi connectivity index (χ1v) is 6.52. The first-order chi connectivity index (χ1) is 10.0. The smallest absolute Gasteiger partial charge is 0.260 e. The maximum Gasteiger partial charge on any atom is 0.260 e. The zero-order chi connectivity index (χ0) is 15.4. The van der Waals surface area contributed by atoms with Crippen LogP contribution in [0.2, 0.25) is 10.4 Å². The monoisotopic (exact) mass is 327 g/mol. The van der Waals surface area contributed by atoms with Gasteiger partial charge in [-0.3, -0.25) is 4.79 Å². The molecule has 0 spiro atoms. The van der Waals surface area contributed by atoms with E-state index in [1.807, 2.05) is 0 Å². The van der Waals surface area contributed by atoms with E-state index in [1.165, 1.54) is 20.3 Å². The summed E-state index contributed by atoms with van der Waals surface area (Å²) in [5.74, 6) is 0.686. The van der Waals surface area contributed by atoms with Gasteiger partial charge in [-0.2, -0.15) is 0 Å². The molecule has 0 aliphatic rings. The number of nitrogens with one attached hydrogen (secondary N) is 1. The Kier molecular flexibility index (Phi) is 4.82. The van der Waals surface area contributed by atoms with Gasteiger partial charge in [-0.1, -0.05) is 11.6 Å². The normalized spacial score (nSPS) is 10.1. The first-order valence-electron chi connectivity index (χ1n) is 5.77. The molecular formula is C13H11Cl2N3O3. The van der Waals surface area contributed by atoms with Crippen LogP contribution >= 0.6 is 23.2 Å². The van der Waals surface area contributed by atoms with Crippen LogP contribution in [0.4, 0.5) is 5.82 Å². The van der Waals surface area contributed by atoms with Gasteiger partial charge in [-0.25, -0.2) is 9.97 Å². The van der Waals surface area contributed by atoms with Crippen LogP contribution in [-0.2, 0) is 0 Å². The standard InChI is InChI=1S/C13H11Cl2N3O3/c1-20-7-3-4-9(21-2)8(5-7)12(19)17-11-6-10(14)16-13(15)18-11/h3-6H,1-2H3,(H,16,17,18,19). The molecule has 1 N–H and O–H groups in total. The second-order valence-corrected chi connectivity index (χ2v) is 4.59. The maximum atomic E-state index is 12.3. The highest BCUT2D eigenvalue weighted by molar-refractivity contribution is 6.32. The highest BCUT2D eigenvalue weighted by Gasteiger charge is 2.15. The Balaban J connectivity index is 2.31. The van der Waals surface area contributed by atoms with Crippen molar-refractivity contribution in [2.45, 2.75) is 0 Å². The zero-order valence-corrected chi connectivity index (χ0v) is 12.7. The summed E-state index contributed by atoms with van der Waals surface area (Å²) in [6.07, 6.45) is 0. The van der Waals surface area contributed by atoms with Crippen LogP contribution in [0.15, 0.2) is 24.3 Å². The van der Waals surface area contributed by atoms with E-state index in [4.69, 9.17) is 32.7 Å². The lowest BCUT2D eigenvalue weighted by atomic mass is 10.1. The molecule has 0 atom stereocenters. The lowest BCUT2D eigenvalue weighted by Crippen LogP contribution is -2.14. The molecule has 21 heavy (non-hydrogen) atoms. The summed E-state index contributed by atoms with van der Waals surface area (Å²) < 4.78 is 10.2. The van der Waals surface area contributed by atoms with E-state index >= 15 is 0 Å². The number of hydrogen-bond acceptors (Lipinski definition) is 5.